The van der Waals surface area contributed by atoms with Gasteiger partial charge in [0, 0.05) is 0 Å². The molecule has 38 valence electrons. The molecular weight excluding hydrogens is 103 g/mol. The summed E-state index contributed by atoms with van der Waals surface area (Å²) in [6, 6.07) is 0. The minimum absolute atomic E-state index is 0.437. The van der Waals surface area contributed by atoms with Crippen LogP contribution in [-0.2, 0) is 9.59 Å². The van der Waals surface area contributed by atoms with Crippen LogP contribution < -0.4 is 0 Å². The van der Waals surface area contributed by atoms with E-state index in [4.69, 9.17) is 0 Å². The first-order chi connectivity index (χ1) is 3.80. The van der Waals surface area contributed by atoms with Gasteiger partial charge < -0.3 is 0 Å². The number of carbonyl (C=O) groups is 2. The third-order valence-electron chi connectivity index (χ3n) is 0.849. The Morgan fingerprint density at radius 1 is 1.38 bits per heavy atom. The van der Waals surface area contributed by atoms with Crippen molar-refractivity contribution in [3.63, 3.8) is 0 Å². The predicted molar refractivity (Wildman–Crippen MR) is 31.0 cm³/mol. The zero-order valence-electron chi connectivity index (χ0n) is 4.13. The average Bonchev–Trinajstić information content (AvgIpc) is 1.77. The van der Waals surface area contributed by atoms with Crippen molar-refractivity contribution in [3.05, 3.63) is 12.2 Å². The van der Waals surface area contributed by atoms with Crippen LogP contribution in [0.4, 0.5) is 0 Å². The maximum atomic E-state index is 10.3. The topological polar surface area (TPSA) is 34.1 Å². The molecule has 1 heterocycles. The van der Waals surface area contributed by atoms with Crippen LogP contribution in [0.1, 0.15) is 0 Å². The number of allylic oxidation sites excluding steroid dienone is 2. The quantitative estimate of drug-likeness (QED) is 0.298. The molecule has 0 unspecified atom stereocenters. The van der Waals surface area contributed by atoms with Gasteiger partial charge in [0.15, 0.2) is 0 Å². The van der Waals surface area contributed by atoms with Crippen molar-refractivity contribution in [2.45, 2.75) is 0 Å². The van der Waals surface area contributed by atoms with Gasteiger partial charge in [-0.25, -0.2) is 0 Å². The van der Waals surface area contributed by atoms with Crippen LogP contribution in [0.2, 0.25) is 0 Å². The Morgan fingerprint density at radius 2 is 2.12 bits per heavy atom. The summed E-state index contributed by atoms with van der Waals surface area (Å²) in [4.78, 5) is 20.6. The average molecular weight is 106 g/mol. The van der Waals surface area contributed by atoms with Crippen molar-refractivity contribution in [2.75, 3.05) is 0 Å². The normalized spacial score (nSPS) is 16.5. The molecule has 0 amide bonds. The molecule has 0 aromatic heterocycles. The van der Waals surface area contributed by atoms with E-state index in [-0.39, 0.29) is 0 Å². The van der Waals surface area contributed by atoms with Gasteiger partial charge in [-0.3, -0.25) is 0 Å². The zero-order chi connectivity index (χ0) is 5.98. The predicted octanol–water partition coefficient (Wildman–Crippen LogP) is -0.842. The van der Waals surface area contributed by atoms with E-state index < -0.39 is 11.5 Å². The monoisotopic (exact) mass is 106 g/mol. The van der Waals surface area contributed by atoms with Gasteiger partial charge in [0.25, 0.3) is 0 Å². The first-order valence-electron chi connectivity index (χ1n) is 2.24. The molecule has 3 heteroatoms. The summed E-state index contributed by atoms with van der Waals surface area (Å²) in [5.41, 5.74) is -0.437. The molecule has 1 rings (SSSR count). The SMILES string of the molecule is O=C1B=CC=CC1=O. The number of carbonyl (C=O) groups excluding carboxylic acids is 2. The van der Waals surface area contributed by atoms with E-state index in [9.17, 15) is 9.59 Å². The molecule has 0 bridgehead atoms. The first-order valence-corrected chi connectivity index (χ1v) is 2.24. The van der Waals surface area contributed by atoms with Gasteiger partial charge in [-0.05, 0) is 0 Å². The van der Waals surface area contributed by atoms with Gasteiger partial charge in [0.05, 0.1) is 0 Å². The molecule has 2 nitrogen and oxygen atoms in total. The van der Waals surface area contributed by atoms with Gasteiger partial charge >= 0.3 is 46.1 Å². The molecule has 0 saturated heterocycles. The zero-order valence-corrected chi connectivity index (χ0v) is 4.13. The summed E-state index contributed by atoms with van der Waals surface area (Å²) in [6.45, 7) is 1.25. The van der Waals surface area contributed by atoms with Crippen LogP contribution >= 0.6 is 0 Å². The summed E-state index contributed by atoms with van der Waals surface area (Å²) < 4.78 is 0. The second-order valence-electron chi connectivity index (χ2n) is 1.45. The molecule has 0 spiro atoms. The van der Waals surface area contributed by atoms with Crippen molar-refractivity contribution >= 4 is 24.4 Å². The number of ketones is 1. The molecular formula is C5H3BO2. The van der Waals surface area contributed by atoms with E-state index in [1.54, 1.807) is 12.0 Å². The van der Waals surface area contributed by atoms with Crippen LogP contribution in [0.25, 0.3) is 0 Å². The van der Waals surface area contributed by atoms with Crippen molar-refractivity contribution in [1.82, 2.24) is 0 Å². The van der Waals surface area contributed by atoms with Crippen LogP contribution in [0.15, 0.2) is 12.2 Å². The van der Waals surface area contributed by atoms with Crippen molar-refractivity contribution in [1.29, 1.82) is 0 Å². The van der Waals surface area contributed by atoms with E-state index in [2.05, 4.69) is 0 Å². The number of hydrogen-bond acceptors (Lipinski definition) is 2. The Labute approximate surface area is 47.1 Å². The van der Waals surface area contributed by atoms with Gasteiger partial charge in [-0.1, -0.05) is 0 Å². The summed E-state index contributed by atoms with van der Waals surface area (Å²) in [5, 5.41) is 0. The van der Waals surface area contributed by atoms with E-state index in [1.165, 1.54) is 13.0 Å². The molecule has 1 aliphatic heterocycles. The Kier molecular flexibility index (Phi) is 1.20. The summed E-state index contributed by atoms with van der Waals surface area (Å²) in [7, 11) is 0. The molecule has 8 heavy (non-hydrogen) atoms. The van der Waals surface area contributed by atoms with Crippen LogP contribution in [0.3, 0.4) is 0 Å². The molecule has 0 aromatic rings. The minimum atomic E-state index is -0.437. The van der Waals surface area contributed by atoms with E-state index in [1.807, 2.05) is 0 Å². The van der Waals surface area contributed by atoms with Crippen molar-refractivity contribution in [3.8, 4) is 0 Å². The molecule has 0 fully saturated rings. The number of rotatable bonds is 0. The Morgan fingerprint density at radius 3 is 2.50 bits per heavy atom. The van der Waals surface area contributed by atoms with E-state index in [0.29, 0.717) is 0 Å². The maximum absolute atomic E-state index is 10.3. The molecule has 0 N–H and O–H groups in total. The molecule has 1 aliphatic rings. The van der Waals surface area contributed by atoms with Gasteiger partial charge in [-0.2, -0.15) is 0 Å². The first kappa shape index (κ1) is 5.16. The summed E-state index contributed by atoms with van der Waals surface area (Å²) >= 11 is 0. The second kappa shape index (κ2) is 1.86. The fourth-order valence-corrected chi connectivity index (χ4v) is 0.450. The Hall–Kier alpha value is -0.985. The fraction of sp³-hybridized carbons (Fsp3) is 0. The van der Waals surface area contributed by atoms with Crippen molar-refractivity contribution in [2.24, 2.45) is 0 Å². The number of hydrogen-bond donors (Lipinski definition) is 0. The van der Waals surface area contributed by atoms with E-state index in [0.717, 1.165) is 0 Å². The molecule has 0 aliphatic carbocycles. The molecule has 0 radical (unpaired) electrons. The van der Waals surface area contributed by atoms with Gasteiger partial charge in [0.1, 0.15) is 0 Å². The third-order valence-corrected chi connectivity index (χ3v) is 0.849. The second-order valence-corrected chi connectivity index (χ2v) is 1.45. The molecule has 0 aromatic carbocycles. The standard InChI is InChI=1S/C5H3BO2/c7-4-2-1-3-6-5(4)8/h1-3H. The van der Waals surface area contributed by atoms with Crippen LogP contribution in [-0.4, -0.2) is 24.4 Å². The van der Waals surface area contributed by atoms with Crippen molar-refractivity contribution < 1.29 is 9.59 Å². The summed E-state index contributed by atoms with van der Waals surface area (Å²) in [6.07, 6.45) is 2.80. The fourth-order valence-electron chi connectivity index (χ4n) is 0.450. The van der Waals surface area contributed by atoms with Crippen LogP contribution in [0, 0.1) is 0 Å². The Bertz CT molecular complexity index is 169. The van der Waals surface area contributed by atoms with Crippen LogP contribution in [0.5, 0.6) is 0 Å². The molecule has 0 saturated carbocycles. The van der Waals surface area contributed by atoms with Gasteiger partial charge in [-0.15, -0.1) is 0 Å². The van der Waals surface area contributed by atoms with E-state index >= 15 is 0 Å². The third kappa shape index (κ3) is 0.806. The summed E-state index contributed by atoms with van der Waals surface area (Å²) in [5.74, 6) is 1.11. The van der Waals surface area contributed by atoms with Gasteiger partial charge in [0.2, 0.25) is 0 Å². The Balaban J connectivity index is 2.89. The molecule has 0 atom stereocenters.